The van der Waals surface area contributed by atoms with Crippen LogP contribution in [0.25, 0.3) is 16.5 Å². The summed E-state index contributed by atoms with van der Waals surface area (Å²) in [5.74, 6) is -0.340. The van der Waals surface area contributed by atoms with Crippen LogP contribution in [-0.2, 0) is 11.2 Å². The number of morpholine rings is 1. The molecule has 1 aromatic carbocycles. The molecule has 2 aliphatic heterocycles. The van der Waals surface area contributed by atoms with Crippen molar-refractivity contribution in [1.29, 1.82) is 5.26 Å². The molecule has 0 bridgehead atoms. The fourth-order valence-corrected chi connectivity index (χ4v) is 5.69. The minimum atomic E-state index is -0.340. The molecule has 2 amide bonds. The molecule has 3 unspecified atom stereocenters. The predicted molar refractivity (Wildman–Crippen MR) is 148 cm³/mol. The summed E-state index contributed by atoms with van der Waals surface area (Å²) < 4.78 is 6.04. The maximum atomic E-state index is 12.6. The summed E-state index contributed by atoms with van der Waals surface area (Å²) in [6.45, 7) is 8.35. The van der Waals surface area contributed by atoms with Crippen LogP contribution in [0, 0.1) is 11.3 Å². The molecule has 0 spiro atoms. The Balaban J connectivity index is 0.00000289. The van der Waals surface area contributed by atoms with Gasteiger partial charge in [-0.3, -0.25) is 0 Å². The van der Waals surface area contributed by atoms with Gasteiger partial charge in [0.2, 0.25) is 0 Å². The Kier molecular flexibility index (Phi) is 8.06. The SMILES string of the molecule is CCN(CC)C(=O)NC1C=C2c3cccc4[nH]c(C(C#N)C5CN(C)CCO5)c(c34)C[C@H]2NC1.I. The van der Waals surface area contributed by atoms with Gasteiger partial charge >= 0.3 is 6.03 Å². The molecule has 1 saturated heterocycles. The van der Waals surface area contributed by atoms with Crippen molar-refractivity contribution in [2.75, 3.05) is 46.4 Å². The first kappa shape index (κ1) is 25.9. The van der Waals surface area contributed by atoms with E-state index in [4.69, 9.17) is 4.74 Å². The van der Waals surface area contributed by atoms with Gasteiger partial charge in [-0.25, -0.2) is 4.79 Å². The average Bonchev–Trinajstić information content (AvgIpc) is 3.20. The molecule has 188 valence electrons. The first-order chi connectivity index (χ1) is 16.5. The van der Waals surface area contributed by atoms with Crippen LogP contribution in [0.1, 0.15) is 36.6 Å². The number of aromatic amines is 1. The van der Waals surface area contributed by atoms with Gasteiger partial charge in [0, 0.05) is 55.4 Å². The van der Waals surface area contributed by atoms with E-state index in [1.165, 1.54) is 22.1 Å². The summed E-state index contributed by atoms with van der Waals surface area (Å²) in [6.07, 6.45) is 2.89. The van der Waals surface area contributed by atoms with Crippen LogP contribution >= 0.6 is 24.0 Å². The quantitative estimate of drug-likeness (QED) is 0.466. The van der Waals surface area contributed by atoms with Crippen LogP contribution in [0.15, 0.2) is 24.3 Å². The molecule has 1 fully saturated rings. The number of H-pyrrole nitrogens is 1. The Labute approximate surface area is 224 Å². The van der Waals surface area contributed by atoms with Crippen molar-refractivity contribution in [3.05, 3.63) is 41.1 Å². The molecule has 0 radical (unpaired) electrons. The molecule has 0 saturated carbocycles. The minimum absolute atomic E-state index is 0. The molecule has 3 aliphatic rings. The van der Waals surface area contributed by atoms with Crippen molar-refractivity contribution in [3.63, 3.8) is 0 Å². The number of carbonyl (C=O) groups excluding carboxylic acids is 1. The molecule has 3 N–H and O–H groups in total. The largest absolute Gasteiger partial charge is 0.374 e. The number of likely N-dealkylation sites (N-methyl/N-ethyl adjacent to an activating group) is 1. The van der Waals surface area contributed by atoms with E-state index in [-0.39, 0.29) is 54.1 Å². The molecule has 9 heteroatoms. The minimum Gasteiger partial charge on any atom is -0.374 e. The van der Waals surface area contributed by atoms with Crippen LogP contribution in [0.2, 0.25) is 0 Å². The van der Waals surface area contributed by atoms with Gasteiger partial charge in [-0.05, 0) is 50.1 Å². The lowest BCUT2D eigenvalue weighted by atomic mass is 9.79. The van der Waals surface area contributed by atoms with E-state index < -0.39 is 0 Å². The van der Waals surface area contributed by atoms with E-state index in [0.29, 0.717) is 26.2 Å². The Morgan fingerprint density at radius 1 is 1.37 bits per heavy atom. The zero-order valence-electron chi connectivity index (χ0n) is 20.6. The second kappa shape index (κ2) is 10.9. The molecule has 1 aliphatic carbocycles. The summed E-state index contributed by atoms with van der Waals surface area (Å²) in [4.78, 5) is 20.2. The molecule has 3 heterocycles. The van der Waals surface area contributed by atoms with Crippen molar-refractivity contribution < 1.29 is 9.53 Å². The standard InChI is InChI=1S/C26H34N6O2.HI/c1-4-32(5-2)26(33)29-16-11-18-17-7-6-8-21-24(17)19(12-22(18)28-14-16)25(30-21)20(13-27)23-15-31(3)9-10-34-23;/h6-8,11,16,20,22-23,28,30H,4-5,9-10,12,14-15H2,1-3H3,(H,29,33);1H/t16?,20?,22-,23?;/m1./s1. The van der Waals surface area contributed by atoms with Crippen molar-refractivity contribution in [2.45, 2.75) is 44.4 Å². The zero-order valence-corrected chi connectivity index (χ0v) is 23.0. The van der Waals surface area contributed by atoms with Crippen LogP contribution in [0.5, 0.6) is 0 Å². The number of rotatable bonds is 5. The van der Waals surface area contributed by atoms with Crippen LogP contribution in [0.4, 0.5) is 4.79 Å². The van der Waals surface area contributed by atoms with Crippen LogP contribution in [0.3, 0.4) is 0 Å². The normalized spacial score (nSPS) is 24.5. The molecule has 2 aromatic rings. The van der Waals surface area contributed by atoms with Gasteiger partial charge in [0.15, 0.2) is 0 Å². The zero-order chi connectivity index (χ0) is 23.8. The number of amides is 2. The first-order valence-electron chi connectivity index (χ1n) is 12.4. The fourth-order valence-electron chi connectivity index (χ4n) is 5.69. The third-order valence-corrected chi connectivity index (χ3v) is 7.50. The van der Waals surface area contributed by atoms with Crippen molar-refractivity contribution in [2.24, 2.45) is 0 Å². The van der Waals surface area contributed by atoms with Gasteiger partial charge in [0.25, 0.3) is 0 Å². The molecule has 4 atom stereocenters. The van der Waals surface area contributed by atoms with Gasteiger partial charge in [-0.2, -0.15) is 5.26 Å². The van der Waals surface area contributed by atoms with Gasteiger partial charge in [0.1, 0.15) is 5.92 Å². The summed E-state index contributed by atoms with van der Waals surface area (Å²) in [7, 11) is 2.08. The molecule has 8 nitrogen and oxygen atoms in total. The number of aromatic nitrogens is 1. The highest BCUT2D eigenvalue weighted by Gasteiger charge is 2.37. The Morgan fingerprint density at radius 2 is 2.17 bits per heavy atom. The van der Waals surface area contributed by atoms with E-state index in [1.807, 2.05) is 13.8 Å². The second-order valence-corrected chi connectivity index (χ2v) is 9.54. The number of nitrogens with zero attached hydrogens (tertiary/aromatic N) is 3. The number of nitriles is 1. The molecule has 5 rings (SSSR count). The highest BCUT2D eigenvalue weighted by atomic mass is 127. The smallest absolute Gasteiger partial charge is 0.317 e. The highest BCUT2D eigenvalue weighted by molar-refractivity contribution is 14.0. The maximum absolute atomic E-state index is 12.6. The Bertz CT molecular complexity index is 1150. The van der Waals surface area contributed by atoms with E-state index in [0.717, 1.165) is 30.7 Å². The monoisotopic (exact) mass is 590 g/mol. The van der Waals surface area contributed by atoms with Gasteiger partial charge in [0.05, 0.1) is 24.8 Å². The molecular weight excluding hydrogens is 555 g/mol. The number of fused-ring (bicyclic) bond motifs is 2. The van der Waals surface area contributed by atoms with E-state index in [9.17, 15) is 10.1 Å². The molecular formula is C26H35IN6O2. The topological polar surface area (TPSA) is 96.4 Å². The predicted octanol–water partition coefficient (Wildman–Crippen LogP) is 3.05. The van der Waals surface area contributed by atoms with E-state index >= 15 is 0 Å². The van der Waals surface area contributed by atoms with Crippen LogP contribution < -0.4 is 10.6 Å². The number of urea groups is 1. The number of carbonyl (C=O) groups is 1. The molecule has 35 heavy (non-hydrogen) atoms. The van der Waals surface area contributed by atoms with Gasteiger partial charge in [-0.1, -0.05) is 18.2 Å². The highest BCUT2D eigenvalue weighted by Crippen LogP contribution is 2.42. The summed E-state index contributed by atoms with van der Waals surface area (Å²) >= 11 is 0. The maximum Gasteiger partial charge on any atom is 0.317 e. The second-order valence-electron chi connectivity index (χ2n) is 9.54. The van der Waals surface area contributed by atoms with E-state index in [2.05, 4.69) is 57.9 Å². The number of nitrogens with one attached hydrogen (secondary N) is 3. The first-order valence-corrected chi connectivity index (χ1v) is 12.4. The number of ether oxygens (including phenoxy) is 1. The van der Waals surface area contributed by atoms with Crippen molar-refractivity contribution in [3.8, 4) is 6.07 Å². The summed E-state index contributed by atoms with van der Waals surface area (Å²) in [5.41, 5.74) is 5.67. The van der Waals surface area contributed by atoms with Gasteiger partial charge in [-0.15, -0.1) is 24.0 Å². The number of hydrogen-bond donors (Lipinski definition) is 3. The average molecular weight is 591 g/mol. The number of benzene rings is 1. The summed E-state index contributed by atoms with van der Waals surface area (Å²) in [6, 6.07) is 8.92. The summed E-state index contributed by atoms with van der Waals surface area (Å²) in [5, 5.41) is 18.2. The molecule has 1 aromatic heterocycles. The van der Waals surface area contributed by atoms with Gasteiger partial charge < -0.3 is 30.2 Å². The Hall–Kier alpha value is -2.13. The van der Waals surface area contributed by atoms with E-state index in [1.54, 1.807) is 4.90 Å². The van der Waals surface area contributed by atoms with Crippen molar-refractivity contribution >= 4 is 46.5 Å². The van der Waals surface area contributed by atoms with Crippen molar-refractivity contribution in [1.82, 2.24) is 25.4 Å². The Morgan fingerprint density at radius 3 is 2.89 bits per heavy atom. The fraction of sp³-hybridized carbons (Fsp3) is 0.538. The lowest BCUT2D eigenvalue weighted by Crippen LogP contribution is -2.52. The lowest BCUT2D eigenvalue weighted by Gasteiger charge is -2.36. The number of hydrogen-bond acceptors (Lipinski definition) is 5. The third-order valence-electron chi connectivity index (χ3n) is 7.50. The lowest BCUT2D eigenvalue weighted by molar-refractivity contribution is -0.0256. The van der Waals surface area contributed by atoms with Crippen LogP contribution in [-0.4, -0.2) is 85.4 Å². The number of halogens is 1. The third kappa shape index (κ3) is 4.81.